The molecule has 0 aromatic heterocycles. The lowest BCUT2D eigenvalue weighted by atomic mass is 10.0. The smallest absolute Gasteiger partial charge is 0.306 e. The van der Waals surface area contributed by atoms with Gasteiger partial charge in [0.05, 0.1) is 6.61 Å². The van der Waals surface area contributed by atoms with E-state index < -0.39 is 6.10 Å². The van der Waals surface area contributed by atoms with Gasteiger partial charge in [-0.1, -0.05) is 449 Å². The van der Waals surface area contributed by atoms with Gasteiger partial charge in [-0.15, -0.1) is 0 Å². The number of esters is 2. The Morgan fingerprint density at radius 1 is 0.239 bits per heavy atom. The zero-order valence-electron chi connectivity index (χ0n) is 63.1. The number of aliphatic hydroxyl groups excluding tert-OH is 1. The van der Waals surface area contributed by atoms with Crippen molar-refractivity contribution < 1.29 is 24.2 Å². The van der Waals surface area contributed by atoms with Gasteiger partial charge in [-0.3, -0.25) is 9.59 Å². The molecule has 0 aliphatic rings. The van der Waals surface area contributed by atoms with E-state index in [0.717, 1.165) is 32.1 Å². The Balaban J connectivity index is 3.33. The van der Waals surface area contributed by atoms with Crippen LogP contribution >= 0.6 is 0 Å². The lowest BCUT2D eigenvalue weighted by Gasteiger charge is -2.15. The van der Waals surface area contributed by atoms with Crippen molar-refractivity contribution in [3.05, 3.63) is 24.3 Å². The number of carbonyl (C=O) groups is 2. The van der Waals surface area contributed by atoms with Crippen LogP contribution in [0.2, 0.25) is 0 Å². The molecule has 0 aliphatic heterocycles. The largest absolute Gasteiger partial charge is 0.462 e. The summed E-state index contributed by atoms with van der Waals surface area (Å²) in [5.41, 5.74) is 0. The summed E-state index contributed by atoms with van der Waals surface area (Å²) in [6.07, 6.45) is 112. The van der Waals surface area contributed by atoms with Crippen molar-refractivity contribution in [2.24, 2.45) is 0 Å². The maximum absolute atomic E-state index is 12.4. The molecule has 0 rings (SSSR count). The first-order chi connectivity index (χ1) is 45.6. The number of rotatable bonds is 82. The van der Waals surface area contributed by atoms with Crippen molar-refractivity contribution >= 4 is 11.9 Å². The third-order valence-corrected chi connectivity index (χ3v) is 20.2. The van der Waals surface area contributed by atoms with E-state index in [1.807, 2.05) is 0 Å². The first-order valence-electron chi connectivity index (χ1n) is 42.9. The minimum atomic E-state index is -0.769. The van der Waals surface area contributed by atoms with E-state index in [-0.39, 0.29) is 25.2 Å². The number of unbranched alkanes of at least 4 members (excludes halogenated alkanes) is 70. The van der Waals surface area contributed by atoms with Crippen LogP contribution < -0.4 is 0 Å². The average Bonchev–Trinajstić information content (AvgIpc) is 3.75. The fourth-order valence-corrected chi connectivity index (χ4v) is 13.8. The van der Waals surface area contributed by atoms with Gasteiger partial charge in [-0.25, -0.2) is 0 Å². The Labute approximate surface area is 578 Å². The van der Waals surface area contributed by atoms with E-state index in [1.54, 1.807) is 0 Å². The van der Waals surface area contributed by atoms with Crippen molar-refractivity contribution in [2.75, 3.05) is 13.2 Å². The van der Waals surface area contributed by atoms with Gasteiger partial charge in [0.25, 0.3) is 0 Å². The molecule has 1 N–H and O–H groups in total. The number of hydrogen-bond acceptors (Lipinski definition) is 5. The number of hydrogen-bond donors (Lipinski definition) is 1. The quantitative estimate of drug-likeness (QED) is 0.0373. The number of aliphatic hydroxyl groups is 1. The zero-order valence-corrected chi connectivity index (χ0v) is 63.1. The van der Waals surface area contributed by atoms with E-state index in [2.05, 4.69) is 38.2 Å². The molecule has 0 amide bonds. The molecular weight excluding hydrogens is 1120 g/mol. The molecule has 5 heteroatoms. The number of ether oxygens (including phenoxy) is 2. The van der Waals surface area contributed by atoms with Gasteiger partial charge in [-0.2, -0.15) is 0 Å². The highest BCUT2D eigenvalue weighted by atomic mass is 16.6. The predicted octanol–water partition coefficient (Wildman–Crippen LogP) is 30.2. The molecule has 0 fully saturated rings. The molecule has 0 aromatic carbocycles. The fraction of sp³-hybridized carbons (Fsp3) is 0.931. The maximum Gasteiger partial charge on any atom is 0.306 e. The lowest BCUT2D eigenvalue weighted by Crippen LogP contribution is -2.28. The van der Waals surface area contributed by atoms with Crippen molar-refractivity contribution in [1.82, 2.24) is 0 Å². The molecule has 546 valence electrons. The van der Waals surface area contributed by atoms with Crippen molar-refractivity contribution in [1.29, 1.82) is 0 Å². The second kappa shape index (κ2) is 83.6. The van der Waals surface area contributed by atoms with Crippen LogP contribution in [0.25, 0.3) is 0 Å². The Kier molecular flexibility index (Phi) is 82.1. The molecular formula is C87H168O5. The summed E-state index contributed by atoms with van der Waals surface area (Å²) < 4.78 is 10.8. The first-order valence-corrected chi connectivity index (χ1v) is 42.9. The molecule has 0 aromatic rings. The maximum atomic E-state index is 12.4. The molecule has 0 aliphatic carbocycles. The van der Waals surface area contributed by atoms with E-state index >= 15 is 0 Å². The average molecular weight is 1290 g/mol. The highest BCUT2D eigenvalue weighted by Gasteiger charge is 2.16. The summed E-state index contributed by atoms with van der Waals surface area (Å²) in [4.78, 5) is 24.7. The van der Waals surface area contributed by atoms with E-state index in [9.17, 15) is 14.7 Å². The van der Waals surface area contributed by atoms with Gasteiger partial charge in [-0.05, 0) is 64.2 Å². The fourth-order valence-electron chi connectivity index (χ4n) is 13.8. The van der Waals surface area contributed by atoms with Crippen LogP contribution in [0.3, 0.4) is 0 Å². The highest BCUT2D eigenvalue weighted by molar-refractivity contribution is 5.70. The molecule has 0 saturated heterocycles. The summed E-state index contributed by atoms with van der Waals surface area (Å²) in [7, 11) is 0. The van der Waals surface area contributed by atoms with Crippen molar-refractivity contribution in [2.45, 2.75) is 508 Å². The van der Waals surface area contributed by atoms with Gasteiger partial charge in [0.15, 0.2) is 6.10 Å². The zero-order chi connectivity index (χ0) is 66.1. The minimum Gasteiger partial charge on any atom is -0.462 e. The second-order valence-corrected chi connectivity index (χ2v) is 29.6. The third kappa shape index (κ3) is 80.8. The predicted molar refractivity (Wildman–Crippen MR) is 408 cm³/mol. The molecule has 92 heavy (non-hydrogen) atoms. The summed E-state index contributed by atoms with van der Waals surface area (Å²) in [5.74, 6) is -0.557. The van der Waals surface area contributed by atoms with Gasteiger partial charge in [0.1, 0.15) is 6.61 Å². The molecule has 0 bridgehead atoms. The topological polar surface area (TPSA) is 72.8 Å². The standard InChI is InChI=1S/C87H168O5/c1-3-5-7-9-11-13-15-17-19-21-23-25-27-29-31-33-35-37-39-41-43-45-47-49-51-53-55-57-59-61-63-65-67-69-71-73-75-77-79-81-86(89)91-84-85(83-88)92-87(90)82-80-78-76-74-72-70-68-66-64-62-60-58-56-54-52-50-48-46-44-42-40-38-36-34-32-30-28-26-24-22-20-18-16-14-12-10-8-6-4-2/h21-24,85,88H,3-20,25-84H2,1-2H3/b23-21-,24-22-. The first kappa shape index (κ1) is 90.4. The Bertz CT molecular complexity index is 1420. The molecule has 0 radical (unpaired) electrons. The van der Waals surface area contributed by atoms with E-state index in [1.165, 1.54) is 443 Å². The van der Waals surface area contributed by atoms with Crippen LogP contribution in [0, 0.1) is 0 Å². The van der Waals surface area contributed by atoms with Crippen molar-refractivity contribution in [3.63, 3.8) is 0 Å². The van der Waals surface area contributed by atoms with E-state index in [4.69, 9.17) is 9.47 Å². The van der Waals surface area contributed by atoms with Crippen LogP contribution in [0.1, 0.15) is 502 Å². The van der Waals surface area contributed by atoms with Crippen LogP contribution in [0.15, 0.2) is 24.3 Å². The lowest BCUT2D eigenvalue weighted by molar-refractivity contribution is -0.161. The summed E-state index contributed by atoms with van der Waals surface area (Å²) in [6, 6.07) is 0. The highest BCUT2D eigenvalue weighted by Crippen LogP contribution is 2.21. The molecule has 0 spiro atoms. The summed E-state index contributed by atoms with van der Waals surface area (Å²) in [5, 5.41) is 9.74. The molecule has 1 unspecified atom stereocenters. The second-order valence-electron chi connectivity index (χ2n) is 29.6. The SMILES string of the molecule is CCCCCCCCCC/C=C\CCCCCCCCCCCCCCCCCCCCCCCCCCCCCC(=O)OCC(CO)OC(=O)CCCCCCCCCCCCCCCCCCCCCCCCCCCCC/C=C\CCCCCCCCCC. The van der Waals surface area contributed by atoms with Gasteiger partial charge in [0.2, 0.25) is 0 Å². The summed E-state index contributed by atoms with van der Waals surface area (Å²) >= 11 is 0. The van der Waals surface area contributed by atoms with Crippen LogP contribution in [0.4, 0.5) is 0 Å². The molecule has 1 atom stereocenters. The molecule has 5 nitrogen and oxygen atoms in total. The van der Waals surface area contributed by atoms with Crippen LogP contribution in [-0.2, 0) is 19.1 Å². The summed E-state index contributed by atoms with van der Waals surface area (Å²) in [6.45, 7) is 4.22. The Morgan fingerprint density at radius 3 is 0.587 bits per heavy atom. The molecule has 0 heterocycles. The van der Waals surface area contributed by atoms with E-state index in [0.29, 0.717) is 12.8 Å². The van der Waals surface area contributed by atoms with Gasteiger partial charge in [0, 0.05) is 12.8 Å². The monoisotopic (exact) mass is 1290 g/mol. The van der Waals surface area contributed by atoms with Crippen molar-refractivity contribution in [3.8, 4) is 0 Å². The molecule has 0 saturated carbocycles. The van der Waals surface area contributed by atoms with Gasteiger partial charge >= 0.3 is 11.9 Å². The van der Waals surface area contributed by atoms with Crippen LogP contribution in [0.5, 0.6) is 0 Å². The van der Waals surface area contributed by atoms with Crippen LogP contribution in [-0.4, -0.2) is 36.4 Å². The Morgan fingerprint density at radius 2 is 0.402 bits per heavy atom. The third-order valence-electron chi connectivity index (χ3n) is 20.2. The normalized spacial score (nSPS) is 12.2. The Hall–Kier alpha value is -1.62. The number of allylic oxidation sites excluding steroid dienone is 4. The number of carbonyl (C=O) groups excluding carboxylic acids is 2. The minimum absolute atomic E-state index is 0.0567. The van der Waals surface area contributed by atoms with Gasteiger partial charge < -0.3 is 14.6 Å².